The molecule has 1 saturated heterocycles. The zero-order valence-electron chi connectivity index (χ0n) is 17.3. The number of thioether (sulfide) groups is 1. The van der Waals surface area contributed by atoms with Crippen molar-refractivity contribution in [1.29, 1.82) is 0 Å². The van der Waals surface area contributed by atoms with Crippen molar-refractivity contribution < 1.29 is 9.53 Å². The standard InChI is InChI=1S/C23H23Cl2N3O2S2/c24-19-2-1-16(11-20(19)25)13-28-9-10-30-18(14-28)12-27-22(29)15-31-23-4-3-21(32-23)17-5-7-26-8-6-17/h1-8,11,18H,9-10,12-15H2,(H,27,29). The number of aromatic nitrogens is 1. The van der Waals surface area contributed by atoms with Gasteiger partial charge in [0.05, 0.1) is 32.7 Å². The molecule has 1 aliphatic rings. The summed E-state index contributed by atoms with van der Waals surface area (Å²) in [7, 11) is 0. The van der Waals surface area contributed by atoms with Gasteiger partial charge >= 0.3 is 0 Å². The molecule has 5 nitrogen and oxygen atoms in total. The second-order valence-corrected chi connectivity index (χ2v) is 10.6. The molecule has 1 aromatic carbocycles. The van der Waals surface area contributed by atoms with Crippen LogP contribution in [0.5, 0.6) is 0 Å². The van der Waals surface area contributed by atoms with Crippen molar-refractivity contribution in [3.63, 3.8) is 0 Å². The van der Waals surface area contributed by atoms with Gasteiger partial charge in [0, 0.05) is 43.4 Å². The van der Waals surface area contributed by atoms with E-state index in [4.69, 9.17) is 27.9 Å². The zero-order valence-corrected chi connectivity index (χ0v) is 20.4. The topological polar surface area (TPSA) is 54.5 Å². The molecule has 1 unspecified atom stereocenters. The SMILES string of the molecule is O=C(CSc1ccc(-c2ccncc2)s1)NCC1CN(Cc2ccc(Cl)c(Cl)c2)CCO1. The number of amides is 1. The van der Waals surface area contributed by atoms with E-state index in [9.17, 15) is 4.79 Å². The van der Waals surface area contributed by atoms with Crippen LogP contribution in [-0.2, 0) is 16.1 Å². The van der Waals surface area contributed by atoms with E-state index in [1.807, 2.05) is 30.3 Å². The number of morpholine rings is 1. The number of nitrogens with zero attached hydrogens (tertiary/aromatic N) is 2. The Balaban J connectivity index is 1.20. The molecule has 168 valence electrons. The Morgan fingerprint density at radius 1 is 1.19 bits per heavy atom. The zero-order chi connectivity index (χ0) is 22.3. The number of carbonyl (C=O) groups excluding carboxylic acids is 1. The summed E-state index contributed by atoms with van der Waals surface area (Å²) in [5, 5.41) is 4.14. The van der Waals surface area contributed by atoms with Gasteiger partial charge in [-0.3, -0.25) is 14.7 Å². The van der Waals surface area contributed by atoms with Gasteiger partial charge in [0.2, 0.25) is 5.91 Å². The Morgan fingerprint density at radius 3 is 2.84 bits per heavy atom. The third kappa shape index (κ3) is 6.70. The van der Waals surface area contributed by atoms with E-state index in [1.54, 1.807) is 35.5 Å². The van der Waals surface area contributed by atoms with E-state index in [1.165, 1.54) is 4.88 Å². The highest BCUT2D eigenvalue weighted by atomic mass is 35.5. The van der Waals surface area contributed by atoms with Crippen LogP contribution in [-0.4, -0.2) is 53.9 Å². The first kappa shape index (κ1) is 23.5. The molecule has 2 aromatic heterocycles. The molecular weight excluding hydrogens is 485 g/mol. The number of benzene rings is 1. The first-order chi connectivity index (χ1) is 15.6. The first-order valence-corrected chi connectivity index (χ1v) is 12.8. The van der Waals surface area contributed by atoms with Crippen LogP contribution in [0.15, 0.2) is 59.1 Å². The monoisotopic (exact) mass is 507 g/mol. The second kappa shape index (κ2) is 11.5. The van der Waals surface area contributed by atoms with E-state index in [-0.39, 0.29) is 12.0 Å². The Bertz CT molecular complexity index is 1050. The van der Waals surface area contributed by atoms with E-state index in [2.05, 4.69) is 27.3 Å². The largest absolute Gasteiger partial charge is 0.374 e. The number of nitrogens with one attached hydrogen (secondary N) is 1. The first-order valence-electron chi connectivity index (χ1n) is 10.2. The lowest BCUT2D eigenvalue weighted by molar-refractivity contribution is -0.119. The van der Waals surface area contributed by atoms with E-state index < -0.39 is 0 Å². The number of hydrogen-bond acceptors (Lipinski definition) is 6. The highest BCUT2D eigenvalue weighted by molar-refractivity contribution is 8.01. The molecule has 1 N–H and O–H groups in total. The smallest absolute Gasteiger partial charge is 0.230 e. The molecule has 4 rings (SSSR count). The molecule has 32 heavy (non-hydrogen) atoms. The quantitative estimate of drug-likeness (QED) is 0.423. The van der Waals surface area contributed by atoms with Crippen LogP contribution >= 0.6 is 46.3 Å². The predicted molar refractivity (Wildman–Crippen MR) is 133 cm³/mol. The Hall–Kier alpha value is -1.61. The highest BCUT2D eigenvalue weighted by Gasteiger charge is 2.21. The minimum atomic E-state index is -0.0273. The van der Waals surface area contributed by atoms with Crippen LogP contribution in [0.3, 0.4) is 0 Å². The van der Waals surface area contributed by atoms with Crippen molar-refractivity contribution in [2.75, 3.05) is 32.0 Å². The van der Waals surface area contributed by atoms with Gasteiger partial charge in [-0.25, -0.2) is 0 Å². The fourth-order valence-electron chi connectivity index (χ4n) is 3.43. The molecule has 1 amide bonds. The van der Waals surface area contributed by atoms with Crippen LogP contribution < -0.4 is 5.32 Å². The van der Waals surface area contributed by atoms with Crippen molar-refractivity contribution in [3.05, 3.63) is 70.5 Å². The van der Waals surface area contributed by atoms with Crippen molar-refractivity contribution in [1.82, 2.24) is 15.2 Å². The number of carbonyl (C=O) groups is 1. The van der Waals surface area contributed by atoms with E-state index in [0.717, 1.165) is 35.0 Å². The Labute approximate surface area is 206 Å². The van der Waals surface area contributed by atoms with Gasteiger partial charge in [-0.2, -0.15) is 0 Å². The normalized spacial score (nSPS) is 16.8. The van der Waals surface area contributed by atoms with Gasteiger partial charge in [-0.1, -0.05) is 29.3 Å². The third-order valence-electron chi connectivity index (χ3n) is 5.03. The summed E-state index contributed by atoms with van der Waals surface area (Å²) in [6.07, 6.45) is 3.54. The predicted octanol–water partition coefficient (Wildman–Crippen LogP) is 5.23. The summed E-state index contributed by atoms with van der Waals surface area (Å²) >= 11 is 15.4. The minimum absolute atomic E-state index is 0.0130. The third-order valence-corrected chi connectivity index (χ3v) is 8.13. The molecule has 1 fully saturated rings. The molecule has 3 aromatic rings. The maximum Gasteiger partial charge on any atom is 0.230 e. The van der Waals surface area contributed by atoms with Crippen molar-refractivity contribution >= 4 is 52.2 Å². The lowest BCUT2D eigenvalue weighted by Crippen LogP contribution is -2.47. The molecule has 3 heterocycles. The van der Waals surface area contributed by atoms with Gasteiger partial charge < -0.3 is 10.1 Å². The Kier molecular flexibility index (Phi) is 8.46. The molecular formula is C23H23Cl2N3O2S2. The van der Waals surface area contributed by atoms with Crippen molar-refractivity contribution in [2.45, 2.75) is 16.9 Å². The van der Waals surface area contributed by atoms with Crippen molar-refractivity contribution in [2.24, 2.45) is 0 Å². The summed E-state index contributed by atoms with van der Waals surface area (Å²) in [5.74, 6) is 0.398. The van der Waals surface area contributed by atoms with Crippen LogP contribution in [0.25, 0.3) is 10.4 Å². The lowest BCUT2D eigenvalue weighted by atomic mass is 10.2. The highest BCUT2D eigenvalue weighted by Crippen LogP contribution is 2.33. The van der Waals surface area contributed by atoms with Gasteiger partial charge in [0.15, 0.2) is 0 Å². The lowest BCUT2D eigenvalue weighted by Gasteiger charge is -2.33. The maximum absolute atomic E-state index is 12.3. The molecule has 1 atom stereocenters. The van der Waals surface area contributed by atoms with Crippen LogP contribution in [0, 0.1) is 0 Å². The van der Waals surface area contributed by atoms with Crippen LogP contribution in [0.2, 0.25) is 10.0 Å². The average Bonchev–Trinajstić information content (AvgIpc) is 3.29. The molecule has 0 saturated carbocycles. The number of hydrogen-bond donors (Lipinski definition) is 1. The van der Waals surface area contributed by atoms with Crippen LogP contribution in [0.4, 0.5) is 0 Å². The average molecular weight is 508 g/mol. The summed E-state index contributed by atoms with van der Waals surface area (Å²) in [6, 6.07) is 13.8. The summed E-state index contributed by atoms with van der Waals surface area (Å²) in [5.41, 5.74) is 2.25. The fourth-order valence-corrected chi connectivity index (χ4v) is 5.71. The number of ether oxygens (including phenoxy) is 1. The summed E-state index contributed by atoms with van der Waals surface area (Å²) in [4.78, 5) is 19.9. The van der Waals surface area contributed by atoms with Gasteiger partial charge in [0.25, 0.3) is 0 Å². The van der Waals surface area contributed by atoms with E-state index in [0.29, 0.717) is 28.9 Å². The molecule has 0 bridgehead atoms. The van der Waals surface area contributed by atoms with Crippen molar-refractivity contribution in [3.8, 4) is 10.4 Å². The van der Waals surface area contributed by atoms with E-state index >= 15 is 0 Å². The molecule has 1 aliphatic heterocycles. The van der Waals surface area contributed by atoms with Gasteiger partial charge in [0.1, 0.15) is 0 Å². The molecule has 0 radical (unpaired) electrons. The van der Waals surface area contributed by atoms with Gasteiger partial charge in [-0.05, 0) is 47.5 Å². The maximum atomic E-state index is 12.3. The van der Waals surface area contributed by atoms with Crippen LogP contribution in [0.1, 0.15) is 5.56 Å². The molecule has 0 spiro atoms. The number of pyridine rings is 1. The second-order valence-electron chi connectivity index (χ2n) is 7.42. The number of rotatable bonds is 8. The summed E-state index contributed by atoms with van der Waals surface area (Å²) < 4.78 is 6.96. The fraction of sp³-hybridized carbons (Fsp3) is 0.304. The van der Waals surface area contributed by atoms with Gasteiger partial charge in [-0.15, -0.1) is 23.1 Å². The molecule has 0 aliphatic carbocycles. The Morgan fingerprint density at radius 2 is 2.03 bits per heavy atom. The number of thiophene rings is 1. The molecule has 9 heteroatoms. The minimum Gasteiger partial charge on any atom is -0.374 e. The summed E-state index contributed by atoms with van der Waals surface area (Å²) in [6.45, 7) is 3.53. The number of halogens is 2.